The Morgan fingerprint density at radius 2 is 1.85 bits per heavy atom. The molecule has 1 fully saturated rings. The Kier molecular flexibility index (Phi) is 5.75. The van der Waals surface area contributed by atoms with Crippen LogP contribution in [0.1, 0.15) is 22.5 Å². The van der Waals surface area contributed by atoms with Crippen LogP contribution in [0.4, 0.5) is 10.5 Å². The Hall–Kier alpha value is -2.58. The minimum absolute atomic E-state index is 0.268. The number of hydrogen-bond donors (Lipinski definition) is 3. The number of benzene rings is 1. The van der Waals surface area contributed by atoms with E-state index in [0.29, 0.717) is 12.3 Å². The maximum Gasteiger partial charge on any atom is 0.316 e. The van der Waals surface area contributed by atoms with Crippen LogP contribution in [0, 0.1) is 0 Å². The van der Waals surface area contributed by atoms with Gasteiger partial charge in [0.25, 0.3) is 5.91 Å². The molecule has 2 heterocycles. The number of anilines is 1. The number of urea groups is 1. The Labute approximate surface area is 155 Å². The lowest BCUT2D eigenvalue weighted by Gasteiger charge is -2.14. The maximum atomic E-state index is 11.5. The third-order valence-corrected chi connectivity index (χ3v) is 5.43. The van der Waals surface area contributed by atoms with Crippen LogP contribution in [0.25, 0.3) is 10.4 Å². The topological polar surface area (TPSA) is 111 Å². The maximum absolute atomic E-state index is 11.5. The second-order valence-corrected chi connectivity index (χ2v) is 7.18. The van der Waals surface area contributed by atoms with E-state index in [1.165, 1.54) is 24.2 Å². The first-order valence-electron chi connectivity index (χ1n) is 8.48. The van der Waals surface area contributed by atoms with Gasteiger partial charge in [0.15, 0.2) is 0 Å². The minimum atomic E-state index is -0.737. The molecule has 5 N–H and O–H groups in total. The van der Waals surface area contributed by atoms with Gasteiger partial charge >= 0.3 is 6.03 Å². The van der Waals surface area contributed by atoms with Crippen molar-refractivity contribution in [2.75, 3.05) is 31.6 Å². The third-order valence-electron chi connectivity index (χ3n) is 4.23. The number of rotatable bonds is 7. The van der Waals surface area contributed by atoms with Gasteiger partial charge in [0, 0.05) is 11.4 Å². The molecule has 8 heteroatoms. The van der Waals surface area contributed by atoms with Crippen LogP contribution in [0.2, 0.25) is 0 Å². The summed E-state index contributed by atoms with van der Waals surface area (Å²) in [5.74, 6) is 0.196. The quantitative estimate of drug-likeness (QED) is 0.691. The van der Waals surface area contributed by atoms with Gasteiger partial charge in [-0.1, -0.05) is 0 Å². The van der Waals surface area contributed by atoms with Gasteiger partial charge in [-0.25, -0.2) is 4.79 Å². The van der Waals surface area contributed by atoms with Crippen LogP contribution >= 0.6 is 11.3 Å². The number of carbonyl (C=O) groups excluding carboxylic acids is 2. The molecule has 1 saturated heterocycles. The zero-order valence-corrected chi connectivity index (χ0v) is 15.2. The Bertz CT molecular complexity index is 782. The molecule has 0 radical (unpaired) electrons. The van der Waals surface area contributed by atoms with Gasteiger partial charge in [0.05, 0.1) is 5.69 Å². The average molecular weight is 374 g/mol. The van der Waals surface area contributed by atoms with E-state index >= 15 is 0 Å². The van der Waals surface area contributed by atoms with E-state index in [1.807, 2.05) is 24.3 Å². The Morgan fingerprint density at radius 1 is 1.15 bits per heavy atom. The van der Waals surface area contributed by atoms with Gasteiger partial charge in [-0.05, 0) is 61.8 Å². The largest absolute Gasteiger partial charge is 0.492 e. The van der Waals surface area contributed by atoms with E-state index < -0.39 is 11.9 Å². The summed E-state index contributed by atoms with van der Waals surface area (Å²) in [6.45, 7) is 3.92. The number of amides is 3. The molecule has 0 atom stereocenters. The lowest BCUT2D eigenvalue weighted by Crippen LogP contribution is -2.25. The van der Waals surface area contributed by atoms with E-state index in [9.17, 15) is 9.59 Å². The molecule has 138 valence electrons. The molecule has 1 aliphatic rings. The summed E-state index contributed by atoms with van der Waals surface area (Å²) < 4.78 is 5.79. The van der Waals surface area contributed by atoms with Crippen LogP contribution in [0.3, 0.4) is 0 Å². The molecule has 7 nitrogen and oxygen atoms in total. The lowest BCUT2D eigenvalue weighted by atomic mass is 10.2. The highest BCUT2D eigenvalue weighted by Crippen LogP contribution is 2.35. The van der Waals surface area contributed by atoms with Gasteiger partial charge < -0.3 is 21.5 Å². The first-order valence-corrected chi connectivity index (χ1v) is 9.30. The molecule has 0 saturated carbocycles. The first kappa shape index (κ1) is 18.2. The summed E-state index contributed by atoms with van der Waals surface area (Å²) in [6, 6.07) is 8.57. The monoisotopic (exact) mass is 374 g/mol. The molecule has 0 spiro atoms. The number of nitrogens with one attached hydrogen (secondary N) is 1. The third kappa shape index (κ3) is 4.53. The van der Waals surface area contributed by atoms with E-state index in [-0.39, 0.29) is 4.88 Å². The fraction of sp³-hybridized carbons (Fsp3) is 0.333. The molecular weight excluding hydrogens is 352 g/mol. The van der Waals surface area contributed by atoms with E-state index in [4.69, 9.17) is 16.2 Å². The van der Waals surface area contributed by atoms with Crippen LogP contribution < -0.4 is 21.5 Å². The van der Waals surface area contributed by atoms with Crippen molar-refractivity contribution in [3.63, 3.8) is 0 Å². The highest BCUT2D eigenvalue weighted by Gasteiger charge is 2.16. The molecule has 3 amide bonds. The number of nitrogens with two attached hydrogens (primary N) is 2. The Morgan fingerprint density at radius 3 is 2.46 bits per heavy atom. The summed E-state index contributed by atoms with van der Waals surface area (Å²) in [5.41, 5.74) is 11.7. The van der Waals surface area contributed by atoms with Gasteiger partial charge in [-0.2, -0.15) is 0 Å². The highest BCUT2D eigenvalue weighted by molar-refractivity contribution is 7.18. The first-order chi connectivity index (χ1) is 12.5. The van der Waals surface area contributed by atoms with Crippen molar-refractivity contribution in [1.29, 1.82) is 0 Å². The van der Waals surface area contributed by atoms with Gasteiger partial charge in [0.2, 0.25) is 0 Å². The average Bonchev–Trinajstić information content (AvgIpc) is 3.25. The van der Waals surface area contributed by atoms with Crippen LogP contribution in [-0.4, -0.2) is 43.1 Å². The molecule has 0 aliphatic carbocycles. The number of likely N-dealkylation sites (tertiary alicyclic amines) is 1. The minimum Gasteiger partial charge on any atom is -0.492 e. The molecule has 1 aromatic heterocycles. The zero-order chi connectivity index (χ0) is 18.5. The predicted octanol–water partition coefficient (Wildman–Crippen LogP) is 2.48. The van der Waals surface area contributed by atoms with E-state index in [1.54, 1.807) is 6.07 Å². The fourth-order valence-corrected chi connectivity index (χ4v) is 3.93. The van der Waals surface area contributed by atoms with Crippen molar-refractivity contribution in [3.8, 4) is 16.2 Å². The number of nitrogens with zero attached hydrogens (tertiary/aromatic N) is 1. The van der Waals surface area contributed by atoms with Crippen LogP contribution in [0.15, 0.2) is 30.3 Å². The second kappa shape index (κ2) is 8.20. The van der Waals surface area contributed by atoms with Crippen LogP contribution in [-0.2, 0) is 0 Å². The molecule has 3 rings (SSSR count). The normalized spacial score (nSPS) is 14.3. The van der Waals surface area contributed by atoms with Crippen molar-refractivity contribution in [3.05, 3.63) is 35.2 Å². The van der Waals surface area contributed by atoms with Crippen molar-refractivity contribution < 1.29 is 14.3 Å². The molecule has 26 heavy (non-hydrogen) atoms. The summed E-state index contributed by atoms with van der Waals surface area (Å²) >= 11 is 1.21. The van der Waals surface area contributed by atoms with Crippen molar-refractivity contribution in [2.24, 2.45) is 11.5 Å². The molecule has 0 bridgehead atoms. The summed E-state index contributed by atoms with van der Waals surface area (Å²) in [4.78, 5) is 26.1. The number of carbonyl (C=O) groups is 2. The van der Waals surface area contributed by atoms with Crippen molar-refractivity contribution in [1.82, 2.24) is 4.90 Å². The molecule has 2 aromatic rings. The smallest absolute Gasteiger partial charge is 0.316 e. The molecular formula is C18H22N4O3S. The standard InChI is InChI=1S/C18H22N4O3S/c19-17(23)16-14(21-18(20)24)11-15(26-16)12-3-5-13(6-4-12)25-10-9-22-7-1-2-8-22/h3-6,11H,1-2,7-10H2,(H2,19,23)(H3,20,21,24). The van der Waals surface area contributed by atoms with Crippen molar-refractivity contribution in [2.45, 2.75) is 12.8 Å². The Balaban J connectivity index is 1.65. The second-order valence-electron chi connectivity index (χ2n) is 6.13. The van der Waals surface area contributed by atoms with Gasteiger partial charge in [0.1, 0.15) is 17.2 Å². The zero-order valence-electron chi connectivity index (χ0n) is 14.4. The SMILES string of the molecule is NC(=O)Nc1cc(-c2ccc(OCCN3CCCC3)cc2)sc1C(N)=O. The van der Waals surface area contributed by atoms with E-state index in [0.717, 1.165) is 35.8 Å². The van der Waals surface area contributed by atoms with Crippen molar-refractivity contribution >= 4 is 29.0 Å². The number of ether oxygens (including phenoxy) is 1. The van der Waals surface area contributed by atoms with Gasteiger partial charge in [-0.15, -0.1) is 11.3 Å². The summed E-state index contributed by atoms with van der Waals surface area (Å²) in [7, 11) is 0. The predicted molar refractivity (Wildman–Crippen MR) is 103 cm³/mol. The highest BCUT2D eigenvalue weighted by atomic mass is 32.1. The number of thiophene rings is 1. The number of primary amides is 2. The summed E-state index contributed by atoms with van der Waals surface area (Å²) in [6.07, 6.45) is 2.55. The summed E-state index contributed by atoms with van der Waals surface area (Å²) in [5, 5.41) is 2.43. The molecule has 0 unspecified atom stereocenters. The number of hydrogen-bond acceptors (Lipinski definition) is 5. The van der Waals surface area contributed by atoms with Gasteiger partial charge in [-0.3, -0.25) is 9.69 Å². The molecule has 1 aliphatic heterocycles. The van der Waals surface area contributed by atoms with E-state index in [2.05, 4.69) is 10.2 Å². The fourth-order valence-electron chi connectivity index (χ4n) is 2.96. The lowest BCUT2D eigenvalue weighted by molar-refractivity contribution is 0.100. The molecule has 1 aromatic carbocycles. The van der Waals surface area contributed by atoms with Crippen LogP contribution in [0.5, 0.6) is 5.75 Å².